The molecule has 1 saturated heterocycles. The van der Waals surface area contributed by atoms with E-state index in [2.05, 4.69) is 10.3 Å². The Morgan fingerprint density at radius 3 is 2.62 bits per heavy atom. The molecular formula is C23H23N3O7S. The first kappa shape index (κ1) is 23.6. The van der Waals surface area contributed by atoms with Gasteiger partial charge in [0.1, 0.15) is 0 Å². The van der Waals surface area contributed by atoms with E-state index in [4.69, 9.17) is 9.47 Å². The number of benzene rings is 2. The molecule has 10 nitrogen and oxygen atoms in total. The highest BCUT2D eigenvalue weighted by atomic mass is 32.2. The number of H-pyrrole nitrogens is 1. The molecule has 0 saturated carbocycles. The van der Waals surface area contributed by atoms with Gasteiger partial charge in [-0.2, -0.15) is 4.31 Å². The molecule has 0 unspecified atom stereocenters. The van der Waals surface area contributed by atoms with Gasteiger partial charge in [0, 0.05) is 35.7 Å². The van der Waals surface area contributed by atoms with E-state index in [0.717, 1.165) is 6.07 Å². The average Bonchev–Trinajstić information content (AvgIpc) is 2.84. The van der Waals surface area contributed by atoms with Gasteiger partial charge in [0.15, 0.2) is 0 Å². The van der Waals surface area contributed by atoms with Crippen LogP contribution in [-0.2, 0) is 19.5 Å². The number of esters is 1. The summed E-state index contributed by atoms with van der Waals surface area (Å²) in [5.74, 6) is -1.16. The second-order valence-electron chi connectivity index (χ2n) is 7.53. The predicted molar refractivity (Wildman–Crippen MR) is 124 cm³/mol. The number of aromatic nitrogens is 1. The molecule has 1 aromatic heterocycles. The number of nitrogens with one attached hydrogen (secondary N) is 2. The SMILES string of the molecule is CCOC(=O)c1cccc(NC(=O)c2cc(=O)[nH]c3ccc(S(=O)(=O)N4CCOCC4)cc23)c1. The minimum atomic E-state index is -3.81. The van der Waals surface area contributed by atoms with Crippen LogP contribution in [0.2, 0.25) is 0 Å². The minimum absolute atomic E-state index is 0.000634. The first-order valence-electron chi connectivity index (χ1n) is 10.6. The molecule has 34 heavy (non-hydrogen) atoms. The van der Waals surface area contributed by atoms with Crippen LogP contribution in [0.3, 0.4) is 0 Å². The van der Waals surface area contributed by atoms with Crippen LogP contribution >= 0.6 is 0 Å². The maximum absolute atomic E-state index is 13.1. The summed E-state index contributed by atoms with van der Waals surface area (Å²) in [5, 5.41) is 2.93. The number of morpholine rings is 1. The number of rotatable bonds is 6. The third kappa shape index (κ3) is 4.86. The summed E-state index contributed by atoms with van der Waals surface area (Å²) in [4.78, 5) is 39.9. The second-order valence-corrected chi connectivity index (χ2v) is 9.46. The highest BCUT2D eigenvalue weighted by Gasteiger charge is 2.27. The van der Waals surface area contributed by atoms with Crippen LogP contribution in [0.5, 0.6) is 0 Å². The predicted octanol–water partition coefficient (Wildman–Crippen LogP) is 1.98. The molecule has 0 atom stereocenters. The lowest BCUT2D eigenvalue weighted by Gasteiger charge is -2.26. The van der Waals surface area contributed by atoms with Gasteiger partial charge in [-0.3, -0.25) is 9.59 Å². The number of nitrogens with zero attached hydrogens (tertiary/aromatic N) is 1. The van der Waals surface area contributed by atoms with Gasteiger partial charge in [0.25, 0.3) is 5.91 Å². The summed E-state index contributed by atoms with van der Waals surface area (Å²) in [5.41, 5.74) is 0.385. The van der Waals surface area contributed by atoms with Crippen molar-refractivity contribution in [3.63, 3.8) is 0 Å². The quantitative estimate of drug-likeness (QED) is 0.510. The van der Waals surface area contributed by atoms with Gasteiger partial charge in [-0.05, 0) is 43.3 Å². The summed E-state index contributed by atoms with van der Waals surface area (Å²) in [7, 11) is -3.81. The number of carbonyl (C=O) groups is 2. The first-order chi connectivity index (χ1) is 16.3. The van der Waals surface area contributed by atoms with Crippen molar-refractivity contribution in [2.75, 3.05) is 38.2 Å². The molecule has 2 aromatic carbocycles. The number of pyridine rings is 1. The molecular weight excluding hydrogens is 462 g/mol. The molecule has 2 heterocycles. The summed E-state index contributed by atoms with van der Waals surface area (Å²) in [6, 6.07) is 11.5. The van der Waals surface area contributed by atoms with Gasteiger partial charge < -0.3 is 19.8 Å². The fraction of sp³-hybridized carbons (Fsp3) is 0.261. The maximum Gasteiger partial charge on any atom is 0.338 e. The third-order valence-corrected chi connectivity index (χ3v) is 7.19. The van der Waals surface area contributed by atoms with E-state index in [1.165, 1.54) is 28.6 Å². The van der Waals surface area contributed by atoms with E-state index < -0.39 is 27.5 Å². The van der Waals surface area contributed by atoms with Crippen LogP contribution in [0, 0.1) is 0 Å². The topological polar surface area (TPSA) is 135 Å². The van der Waals surface area contributed by atoms with E-state index >= 15 is 0 Å². The maximum atomic E-state index is 13.1. The van der Waals surface area contributed by atoms with Crippen LogP contribution in [0.25, 0.3) is 10.9 Å². The van der Waals surface area contributed by atoms with E-state index in [1.807, 2.05) is 0 Å². The largest absolute Gasteiger partial charge is 0.462 e. The molecule has 1 aliphatic rings. The fourth-order valence-corrected chi connectivity index (χ4v) is 5.09. The molecule has 178 valence electrons. The Morgan fingerprint density at radius 2 is 1.88 bits per heavy atom. The number of hydrogen-bond acceptors (Lipinski definition) is 7. The van der Waals surface area contributed by atoms with Crippen LogP contribution < -0.4 is 10.9 Å². The Hall–Kier alpha value is -3.54. The zero-order valence-electron chi connectivity index (χ0n) is 18.4. The first-order valence-corrected chi connectivity index (χ1v) is 12.1. The van der Waals surface area contributed by atoms with Gasteiger partial charge in [-0.1, -0.05) is 6.07 Å². The molecule has 0 radical (unpaired) electrons. The van der Waals surface area contributed by atoms with Gasteiger partial charge >= 0.3 is 5.97 Å². The van der Waals surface area contributed by atoms with E-state index in [-0.39, 0.29) is 41.1 Å². The zero-order chi connectivity index (χ0) is 24.3. The molecule has 4 rings (SSSR count). The number of sulfonamides is 1. The Morgan fingerprint density at radius 1 is 1.12 bits per heavy atom. The molecule has 0 bridgehead atoms. The van der Waals surface area contributed by atoms with Gasteiger partial charge in [-0.25, -0.2) is 13.2 Å². The number of fused-ring (bicyclic) bond motifs is 1. The number of aromatic amines is 1. The average molecular weight is 486 g/mol. The number of ether oxygens (including phenoxy) is 2. The summed E-state index contributed by atoms with van der Waals surface area (Å²) >= 11 is 0. The lowest BCUT2D eigenvalue weighted by atomic mass is 10.1. The summed E-state index contributed by atoms with van der Waals surface area (Å²) in [6.07, 6.45) is 0. The molecule has 1 amide bonds. The van der Waals surface area contributed by atoms with Gasteiger partial charge in [0.2, 0.25) is 15.6 Å². The van der Waals surface area contributed by atoms with Crippen LogP contribution in [0.1, 0.15) is 27.6 Å². The highest BCUT2D eigenvalue weighted by molar-refractivity contribution is 7.89. The zero-order valence-corrected chi connectivity index (χ0v) is 19.2. The standard InChI is InChI=1S/C23H23N3O7S/c1-2-33-23(29)15-4-3-5-16(12-15)24-22(28)19-14-21(27)25-20-7-6-17(13-18(19)20)34(30,31)26-8-10-32-11-9-26/h3-7,12-14H,2,8-11H2,1H3,(H,24,28)(H,25,27). The molecule has 1 aliphatic heterocycles. The molecule has 0 aliphatic carbocycles. The van der Waals surface area contributed by atoms with Crippen LogP contribution in [0.15, 0.2) is 58.2 Å². The van der Waals surface area contributed by atoms with Gasteiger partial charge in [0.05, 0.1) is 35.8 Å². The van der Waals surface area contributed by atoms with Crippen molar-refractivity contribution in [3.8, 4) is 0 Å². The minimum Gasteiger partial charge on any atom is -0.462 e. The van der Waals surface area contributed by atoms with Gasteiger partial charge in [-0.15, -0.1) is 0 Å². The highest BCUT2D eigenvalue weighted by Crippen LogP contribution is 2.24. The summed E-state index contributed by atoms with van der Waals surface area (Å²) < 4.78 is 37.7. The number of anilines is 1. The molecule has 2 N–H and O–H groups in total. The smallest absolute Gasteiger partial charge is 0.338 e. The van der Waals surface area contributed by atoms with Crippen LogP contribution in [0.4, 0.5) is 5.69 Å². The monoisotopic (exact) mass is 485 g/mol. The Bertz CT molecular complexity index is 1410. The fourth-order valence-electron chi connectivity index (χ4n) is 3.65. The van der Waals surface area contributed by atoms with E-state index in [1.54, 1.807) is 25.1 Å². The summed E-state index contributed by atoms with van der Waals surface area (Å²) in [6.45, 7) is 2.97. The number of amides is 1. The van der Waals surface area contributed by atoms with Crippen molar-refractivity contribution in [2.45, 2.75) is 11.8 Å². The number of carbonyl (C=O) groups excluding carboxylic acids is 2. The van der Waals surface area contributed by atoms with Crippen LogP contribution in [-0.4, -0.2) is 62.5 Å². The van der Waals surface area contributed by atoms with Crippen molar-refractivity contribution >= 4 is 38.5 Å². The van der Waals surface area contributed by atoms with Crippen molar-refractivity contribution in [1.82, 2.24) is 9.29 Å². The molecule has 3 aromatic rings. The molecule has 1 fully saturated rings. The molecule has 11 heteroatoms. The Kier molecular flexibility index (Phi) is 6.77. The lowest BCUT2D eigenvalue weighted by Crippen LogP contribution is -2.40. The Balaban J connectivity index is 1.70. The third-order valence-electron chi connectivity index (χ3n) is 5.30. The Labute approximate surface area is 195 Å². The van der Waals surface area contributed by atoms with Crippen molar-refractivity contribution in [2.24, 2.45) is 0 Å². The second kappa shape index (κ2) is 9.75. The van der Waals surface area contributed by atoms with E-state index in [9.17, 15) is 22.8 Å². The lowest BCUT2D eigenvalue weighted by molar-refractivity contribution is 0.0526. The van der Waals surface area contributed by atoms with Crippen molar-refractivity contribution in [1.29, 1.82) is 0 Å². The molecule has 0 spiro atoms. The number of hydrogen-bond donors (Lipinski definition) is 2. The normalized spacial score (nSPS) is 14.6. The van der Waals surface area contributed by atoms with E-state index in [0.29, 0.717) is 24.4 Å². The van der Waals surface area contributed by atoms with Crippen molar-refractivity contribution in [3.05, 3.63) is 70.0 Å². The van der Waals surface area contributed by atoms with Crippen molar-refractivity contribution < 1.29 is 27.5 Å².